The molecule has 0 aliphatic rings. The third-order valence-corrected chi connectivity index (χ3v) is 2.50. The Morgan fingerprint density at radius 3 is 2.75 bits per heavy atom. The molecule has 16 heavy (non-hydrogen) atoms. The van der Waals surface area contributed by atoms with Gasteiger partial charge in [-0.05, 0) is 27.2 Å². The van der Waals surface area contributed by atoms with Crippen LogP contribution in [0.15, 0.2) is 18.2 Å². The summed E-state index contributed by atoms with van der Waals surface area (Å²) in [6, 6.07) is 5.81. The standard InChI is InChI=1S/C12H19ClN2O/c1-14-9-10-5-4-6-11(13)12(10)16-8-7-15(2)3/h4-6,14H,7-9H2,1-3H3. The topological polar surface area (TPSA) is 24.5 Å². The van der Waals surface area contributed by atoms with Crippen LogP contribution in [0.2, 0.25) is 5.02 Å². The van der Waals surface area contributed by atoms with Crippen LogP contribution in [-0.2, 0) is 6.54 Å². The van der Waals surface area contributed by atoms with Crippen molar-refractivity contribution in [2.24, 2.45) is 0 Å². The monoisotopic (exact) mass is 242 g/mol. The van der Waals surface area contributed by atoms with E-state index in [0.717, 1.165) is 24.4 Å². The molecule has 0 atom stereocenters. The van der Waals surface area contributed by atoms with E-state index in [1.807, 2.05) is 39.3 Å². The van der Waals surface area contributed by atoms with Gasteiger partial charge in [0, 0.05) is 18.7 Å². The van der Waals surface area contributed by atoms with Crippen molar-refractivity contribution >= 4 is 11.6 Å². The highest BCUT2D eigenvalue weighted by atomic mass is 35.5. The first-order chi connectivity index (χ1) is 7.65. The van der Waals surface area contributed by atoms with Gasteiger partial charge in [0.05, 0.1) is 5.02 Å². The van der Waals surface area contributed by atoms with Gasteiger partial charge in [0.25, 0.3) is 0 Å². The zero-order valence-corrected chi connectivity index (χ0v) is 10.8. The first-order valence-corrected chi connectivity index (χ1v) is 5.72. The fourth-order valence-electron chi connectivity index (χ4n) is 1.38. The van der Waals surface area contributed by atoms with Crippen LogP contribution in [-0.4, -0.2) is 39.2 Å². The molecule has 0 unspecified atom stereocenters. The molecule has 0 bridgehead atoms. The van der Waals surface area contributed by atoms with E-state index in [9.17, 15) is 0 Å². The summed E-state index contributed by atoms with van der Waals surface area (Å²) in [4.78, 5) is 2.08. The van der Waals surface area contributed by atoms with Crippen molar-refractivity contribution < 1.29 is 4.74 Å². The van der Waals surface area contributed by atoms with E-state index in [1.165, 1.54) is 0 Å². The maximum atomic E-state index is 6.11. The predicted octanol–water partition coefficient (Wildman–Crippen LogP) is 2.00. The lowest BCUT2D eigenvalue weighted by atomic mass is 10.2. The molecule has 0 heterocycles. The molecule has 1 aromatic rings. The SMILES string of the molecule is CNCc1cccc(Cl)c1OCCN(C)C. The van der Waals surface area contributed by atoms with Crippen molar-refractivity contribution in [3.8, 4) is 5.75 Å². The summed E-state index contributed by atoms with van der Waals surface area (Å²) in [6.45, 7) is 2.29. The van der Waals surface area contributed by atoms with Crippen LogP contribution in [0.3, 0.4) is 0 Å². The van der Waals surface area contributed by atoms with Crippen molar-refractivity contribution in [1.82, 2.24) is 10.2 Å². The van der Waals surface area contributed by atoms with Gasteiger partial charge in [-0.1, -0.05) is 23.7 Å². The van der Waals surface area contributed by atoms with Crippen molar-refractivity contribution in [2.75, 3.05) is 34.3 Å². The van der Waals surface area contributed by atoms with Gasteiger partial charge in [0.2, 0.25) is 0 Å². The minimum Gasteiger partial charge on any atom is -0.490 e. The third-order valence-electron chi connectivity index (χ3n) is 2.20. The maximum absolute atomic E-state index is 6.11. The Labute approximate surface area is 102 Å². The van der Waals surface area contributed by atoms with Gasteiger partial charge in [-0.3, -0.25) is 0 Å². The minimum absolute atomic E-state index is 0.646. The lowest BCUT2D eigenvalue weighted by molar-refractivity contribution is 0.259. The number of nitrogens with zero attached hydrogens (tertiary/aromatic N) is 1. The molecule has 0 aliphatic heterocycles. The van der Waals surface area contributed by atoms with Crippen molar-refractivity contribution in [3.05, 3.63) is 28.8 Å². The second-order valence-corrected chi connectivity index (χ2v) is 4.32. The largest absolute Gasteiger partial charge is 0.490 e. The number of halogens is 1. The first-order valence-electron chi connectivity index (χ1n) is 5.34. The number of para-hydroxylation sites is 1. The van der Waals surface area contributed by atoms with E-state index in [-0.39, 0.29) is 0 Å². The van der Waals surface area contributed by atoms with Crippen molar-refractivity contribution in [2.45, 2.75) is 6.54 Å². The molecular formula is C12H19ClN2O. The highest BCUT2D eigenvalue weighted by Gasteiger charge is 2.07. The number of nitrogens with one attached hydrogen (secondary N) is 1. The van der Waals surface area contributed by atoms with E-state index in [4.69, 9.17) is 16.3 Å². The fraction of sp³-hybridized carbons (Fsp3) is 0.500. The van der Waals surface area contributed by atoms with E-state index in [0.29, 0.717) is 11.6 Å². The summed E-state index contributed by atoms with van der Waals surface area (Å²) in [5.74, 6) is 0.792. The average Bonchev–Trinajstić information content (AvgIpc) is 2.22. The van der Waals surface area contributed by atoms with Gasteiger partial charge >= 0.3 is 0 Å². The summed E-state index contributed by atoms with van der Waals surface area (Å²) in [5.41, 5.74) is 1.09. The smallest absolute Gasteiger partial charge is 0.142 e. The number of rotatable bonds is 6. The summed E-state index contributed by atoms with van der Waals surface area (Å²) in [5, 5.41) is 3.77. The van der Waals surface area contributed by atoms with E-state index in [1.54, 1.807) is 0 Å². The average molecular weight is 243 g/mol. The quantitative estimate of drug-likeness (QED) is 0.826. The molecule has 90 valence electrons. The Bertz CT molecular complexity index is 329. The summed E-state index contributed by atoms with van der Waals surface area (Å²) < 4.78 is 5.72. The lowest BCUT2D eigenvalue weighted by Crippen LogP contribution is -2.20. The van der Waals surface area contributed by atoms with Gasteiger partial charge in [-0.2, -0.15) is 0 Å². The highest BCUT2D eigenvalue weighted by Crippen LogP contribution is 2.28. The number of benzene rings is 1. The molecule has 1 aromatic carbocycles. The molecule has 0 amide bonds. The molecule has 1 N–H and O–H groups in total. The number of hydrogen-bond acceptors (Lipinski definition) is 3. The van der Waals surface area contributed by atoms with E-state index in [2.05, 4.69) is 10.2 Å². The molecule has 0 aliphatic carbocycles. The Kier molecular flexibility index (Phi) is 5.60. The van der Waals surface area contributed by atoms with Gasteiger partial charge in [-0.25, -0.2) is 0 Å². The highest BCUT2D eigenvalue weighted by molar-refractivity contribution is 6.32. The van der Waals surface area contributed by atoms with Gasteiger partial charge in [0.1, 0.15) is 12.4 Å². The normalized spacial score (nSPS) is 10.8. The molecule has 0 fully saturated rings. The Morgan fingerprint density at radius 2 is 2.12 bits per heavy atom. The zero-order chi connectivity index (χ0) is 12.0. The zero-order valence-electron chi connectivity index (χ0n) is 10.1. The summed E-state index contributed by atoms with van der Waals surface area (Å²) in [7, 11) is 5.94. The predicted molar refractivity (Wildman–Crippen MR) is 68.3 cm³/mol. The van der Waals surface area contributed by atoms with E-state index >= 15 is 0 Å². The molecule has 1 rings (SSSR count). The van der Waals surface area contributed by atoms with Gasteiger partial charge in [0.15, 0.2) is 0 Å². The van der Waals surface area contributed by atoms with Crippen molar-refractivity contribution in [1.29, 1.82) is 0 Å². The maximum Gasteiger partial charge on any atom is 0.142 e. The molecular weight excluding hydrogens is 224 g/mol. The fourth-order valence-corrected chi connectivity index (χ4v) is 1.62. The van der Waals surface area contributed by atoms with Crippen LogP contribution in [0.5, 0.6) is 5.75 Å². The minimum atomic E-state index is 0.646. The number of ether oxygens (including phenoxy) is 1. The van der Waals surface area contributed by atoms with Crippen LogP contribution in [0.1, 0.15) is 5.56 Å². The Balaban J connectivity index is 2.68. The first kappa shape index (κ1) is 13.3. The Morgan fingerprint density at radius 1 is 1.38 bits per heavy atom. The van der Waals surface area contributed by atoms with Crippen LogP contribution in [0, 0.1) is 0 Å². The van der Waals surface area contributed by atoms with Crippen LogP contribution in [0.4, 0.5) is 0 Å². The van der Waals surface area contributed by atoms with Crippen LogP contribution >= 0.6 is 11.6 Å². The van der Waals surface area contributed by atoms with Gasteiger partial charge < -0.3 is 15.0 Å². The molecule has 0 spiro atoms. The molecule has 0 saturated heterocycles. The summed E-state index contributed by atoms with van der Waals surface area (Å²) in [6.07, 6.45) is 0. The molecule has 0 aromatic heterocycles. The molecule has 0 radical (unpaired) electrons. The number of hydrogen-bond donors (Lipinski definition) is 1. The van der Waals surface area contributed by atoms with Gasteiger partial charge in [-0.15, -0.1) is 0 Å². The Hall–Kier alpha value is -0.770. The van der Waals surface area contributed by atoms with Crippen LogP contribution in [0.25, 0.3) is 0 Å². The van der Waals surface area contributed by atoms with Crippen molar-refractivity contribution in [3.63, 3.8) is 0 Å². The summed E-state index contributed by atoms with van der Waals surface area (Å²) >= 11 is 6.11. The van der Waals surface area contributed by atoms with Crippen LogP contribution < -0.4 is 10.1 Å². The molecule has 4 heteroatoms. The second kappa shape index (κ2) is 6.74. The van der Waals surface area contributed by atoms with E-state index < -0.39 is 0 Å². The molecule has 0 saturated carbocycles. The third kappa shape index (κ3) is 4.00. The number of likely N-dealkylation sites (N-methyl/N-ethyl adjacent to an activating group) is 1. The molecule has 3 nitrogen and oxygen atoms in total. The lowest BCUT2D eigenvalue weighted by Gasteiger charge is -2.15. The second-order valence-electron chi connectivity index (χ2n) is 3.91.